The number of amides is 1. The monoisotopic (exact) mass is 442 g/mol. The number of nitrogens with two attached hydrogens (primary N) is 1. The van der Waals surface area contributed by atoms with Crippen LogP contribution in [0, 0.1) is 0 Å². The van der Waals surface area contributed by atoms with Gasteiger partial charge in [0.25, 0.3) is 0 Å². The van der Waals surface area contributed by atoms with Crippen molar-refractivity contribution in [2.45, 2.75) is 25.3 Å². The number of rotatable bonds is 6. The molecule has 0 saturated carbocycles. The minimum Gasteiger partial charge on any atom is -0.481 e. The summed E-state index contributed by atoms with van der Waals surface area (Å²) in [6.07, 6.45) is 1.39. The van der Waals surface area contributed by atoms with Crippen LogP contribution in [0.4, 0.5) is 0 Å². The predicted octanol–water partition coefficient (Wildman–Crippen LogP) is 3.43. The SMILES string of the molecule is NC(=O)C1CCc2c1c1c(OCC(=O)O)cccc1n2Cc1ccccc1Br. The Hall–Kier alpha value is -2.80. The summed E-state index contributed by atoms with van der Waals surface area (Å²) in [5.74, 6) is -1.35. The summed E-state index contributed by atoms with van der Waals surface area (Å²) < 4.78 is 8.74. The van der Waals surface area contributed by atoms with Gasteiger partial charge in [-0.15, -0.1) is 0 Å². The molecule has 3 N–H and O–H groups in total. The van der Waals surface area contributed by atoms with E-state index in [-0.39, 0.29) is 5.91 Å². The average Bonchev–Trinajstić information content (AvgIpc) is 3.21. The normalized spacial score (nSPS) is 15.5. The number of nitrogens with zero attached hydrogens (tertiary/aromatic N) is 1. The fourth-order valence-corrected chi connectivity index (χ4v) is 4.45. The molecular formula is C21H19BrN2O4. The van der Waals surface area contributed by atoms with Gasteiger partial charge in [0.15, 0.2) is 6.61 Å². The molecular weight excluding hydrogens is 424 g/mol. The molecule has 3 aromatic rings. The zero-order valence-corrected chi connectivity index (χ0v) is 16.6. The van der Waals surface area contributed by atoms with E-state index in [0.717, 1.165) is 38.6 Å². The van der Waals surface area contributed by atoms with Crippen molar-refractivity contribution in [1.82, 2.24) is 4.57 Å². The van der Waals surface area contributed by atoms with Crippen molar-refractivity contribution in [2.75, 3.05) is 6.61 Å². The largest absolute Gasteiger partial charge is 0.481 e. The summed E-state index contributed by atoms with van der Waals surface area (Å²) >= 11 is 3.60. The Labute approximate surface area is 170 Å². The van der Waals surface area contributed by atoms with Gasteiger partial charge in [-0.1, -0.05) is 40.2 Å². The van der Waals surface area contributed by atoms with Gasteiger partial charge in [-0.3, -0.25) is 4.79 Å². The number of fused-ring (bicyclic) bond motifs is 3. The van der Waals surface area contributed by atoms with Crippen LogP contribution in [0.2, 0.25) is 0 Å². The van der Waals surface area contributed by atoms with Crippen molar-refractivity contribution in [3.05, 3.63) is 63.8 Å². The Balaban J connectivity index is 1.91. The molecule has 0 radical (unpaired) electrons. The van der Waals surface area contributed by atoms with E-state index < -0.39 is 18.5 Å². The number of carbonyl (C=O) groups excluding carboxylic acids is 1. The van der Waals surface area contributed by atoms with Gasteiger partial charge in [-0.2, -0.15) is 0 Å². The summed E-state index contributed by atoms with van der Waals surface area (Å²) in [6.45, 7) is 0.186. The van der Waals surface area contributed by atoms with Crippen LogP contribution in [-0.2, 0) is 22.6 Å². The standard InChI is InChI=1S/C21H19BrN2O4/c22-14-5-2-1-4-12(14)10-24-15-6-3-7-17(28-11-18(25)26)20(15)19-13(21(23)27)8-9-16(19)24/h1-7,13H,8-11H2,(H2,23,27)(H,25,26). The first kappa shape index (κ1) is 18.6. The summed E-state index contributed by atoms with van der Waals surface area (Å²) in [7, 11) is 0. The zero-order valence-electron chi connectivity index (χ0n) is 15.0. The molecule has 4 rings (SSSR count). The van der Waals surface area contributed by atoms with Crippen molar-refractivity contribution < 1.29 is 19.4 Å². The molecule has 1 amide bonds. The van der Waals surface area contributed by atoms with E-state index >= 15 is 0 Å². The summed E-state index contributed by atoms with van der Waals surface area (Å²) in [4.78, 5) is 23.1. The smallest absolute Gasteiger partial charge is 0.341 e. The molecule has 1 aliphatic rings. The van der Waals surface area contributed by atoms with Crippen molar-refractivity contribution in [3.63, 3.8) is 0 Å². The molecule has 1 heterocycles. The van der Waals surface area contributed by atoms with E-state index in [9.17, 15) is 9.59 Å². The van der Waals surface area contributed by atoms with E-state index in [0.29, 0.717) is 18.7 Å². The molecule has 1 aliphatic carbocycles. The van der Waals surface area contributed by atoms with Crippen molar-refractivity contribution in [1.29, 1.82) is 0 Å². The number of benzene rings is 2. The van der Waals surface area contributed by atoms with E-state index in [4.69, 9.17) is 15.6 Å². The first-order chi connectivity index (χ1) is 13.5. The van der Waals surface area contributed by atoms with Crippen LogP contribution in [0.1, 0.15) is 29.2 Å². The van der Waals surface area contributed by atoms with Crippen LogP contribution >= 0.6 is 15.9 Å². The maximum absolute atomic E-state index is 12.1. The number of halogens is 1. The van der Waals surface area contributed by atoms with Gasteiger partial charge >= 0.3 is 5.97 Å². The highest BCUT2D eigenvalue weighted by Crippen LogP contribution is 2.44. The second kappa shape index (κ2) is 7.31. The minimum absolute atomic E-state index is 0.369. The third-order valence-electron chi connectivity index (χ3n) is 5.20. The average molecular weight is 443 g/mol. The molecule has 2 aromatic carbocycles. The molecule has 144 valence electrons. The maximum Gasteiger partial charge on any atom is 0.341 e. The lowest BCUT2D eigenvalue weighted by Gasteiger charge is -2.12. The first-order valence-electron chi connectivity index (χ1n) is 8.98. The molecule has 28 heavy (non-hydrogen) atoms. The number of aliphatic carboxylic acids is 1. The number of carboxylic acids is 1. The van der Waals surface area contributed by atoms with Gasteiger partial charge < -0.3 is 20.1 Å². The Morgan fingerprint density at radius 3 is 2.71 bits per heavy atom. The predicted molar refractivity (Wildman–Crippen MR) is 109 cm³/mol. The number of ether oxygens (including phenoxy) is 1. The van der Waals surface area contributed by atoms with Crippen LogP contribution in [0.3, 0.4) is 0 Å². The Kier molecular flexibility index (Phi) is 4.85. The molecule has 1 aromatic heterocycles. The molecule has 0 saturated heterocycles. The van der Waals surface area contributed by atoms with Crippen LogP contribution in [0.5, 0.6) is 5.75 Å². The molecule has 1 unspecified atom stereocenters. The number of primary amides is 1. The second-order valence-electron chi connectivity index (χ2n) is 6.86. The van der Waals surface area contributed by atoms with E-state index in [2.05, 4.69) is 20.5 Å². The number of aromatic nitrogens is 1. The third kappa shape index (κ3) is 3.16. The van der Waals surface area contributed by atoms with Crippen LogP contribution in [0.15, 0.2) is 46.9 Å². The number of hydrogen-bond acceptors (Lipinski definition) is 3. The quantitative estimate of drug-likeness (QED) is 0.611. The van der Waals surface area contributed by atoms with Crippen LogP contribution in [-0.4, -0.2) is 28.2 Å². The Bertz CT molecular complexity index is 1090. The summed E-state index contributed by atoms with van der Waals surface area (Å²) in [5, 5.41) is 9.79. The molecule has 0 aliphatic heterocycles. The highest BCUT2D eigenvalue weighted by Gasteiger charge is 2.34. The van der Waals surface area contributed by atoms with Crippen LogP contribution in [0.25, 0.3) is 10.9 Å². The van der Waals surface area contributed by atoms with Gasteiger partial charge in [0.1, 0.15) is 5.75 Å². The second-order valence-corrected chi connectivity index (χ2v) is 7.72. The van der Waals surface area contributed by atoms with E-state index in [1.807, 2.05) is 36.4 Å². The van der Waals surface area contributed by atoms with Gasteiger partial charge in [0.2, 0.25) is 5.91 Å². The highest BCUT2D eigenvalue weighted by atomic mass is 79.9. The maximum atomic E-state index is 12.1. The molecule has 7 heteroatoms. The van der Waals surface area contributed by atoms with Gasteiger partial charge in [-0.25, -0.2) is 4.79 Å². The van der Waals surface area contributed by atoms with Crippen LogP contribution < -0.4 is 10.5 Å². The lowest BCUT2D eigenvalue weighted by atomic mass is 9.99. The van der Waals surface area contributed by atoms with E-state index in [1.54, 1.807) is 6.07 Å². The number of carboxylic acid groups (broad SMARTS) is 1. The third-order valence-corrected chi connectivity index (χ3v) is 5.97. The lowest BCUT2D eigenvalue weighted by Crippen LogP contribution is -2.19. The highest BCUT2D eigenvalue weighted by molar-refractivity contribution is 9.10. The summed E-state index contributed by atoms with van der Waals surface area (Å²) in [5.41, 5.74) is 9.62. The number of carbonyl (C=O) groups is 2. The van der Waals surface area contributed by atoms with Gasteiger partial charge in [-0.05, 0) is 42.2 Å². The molecule has 6 nitrogen and oxygen atoms in total. The van der Waals surface area contributed by atoms with E-state index in [1.165, 1.54) is 0 Å². The zero-order chi connectivity index (χ0) is 19.8. The Morgan fingerprint density at radius 1 is 1.21 bits per heavy atom. The van der Waals surface area contributed by atoms with Crippen molar-refractivity contribution >= 4 is 38.7 Å². The number of hydrogen-bond donors (Lipinski definition) is 2. The van der Waals surface area contributed by atoms with Crippen molar-refractivity contribution in [3.8, 4) is 5.75 Å². The molecule has 1 atom stereocenters. The first-order valence-corrected chi connectivity index (χ1v) is 9.78. The minimum atomic E-state index is -1.05. The van der Waals surface area contributed by atoms with Gasteiger partial charge in [0, 0.05) is 22.1 Å². The van der Waals surface area contributed by atoms with Gasteiger partial charge in [0.05, 0.1) is 11.4 Å². The lowest BCUT2D eigenvalue weighted by molar-refractivity contribution is -0.139. The summed E-state index contributed by atoms with van der Waals surface area (Å²) in [6, 6.07) is 13.5. The topological polar surface area (TPSA) is 94.6 Å². The molecule has 0 spiro atoms. The fourth-order valence-electron chi connectivity index (χ4n) is 4.04. The Morgan fingerprint density at radius 2 is 2.00 bits per heavy atom. The van der Waals surface area contributed by atoms with Crippen molar-refractivity contribution in [2.24, 2.45) is 5.73 Å². The molecule has 0 fully saturated rings. The fraction of sp³-hybridized carbons (Fsp3) is 0.238. The molecule has 0 bridgehead atoms.